The summed E-state index contributed by atoms with van der Waals surface area (Å²) in [7, 11) is 2.19. The second-order valence-corrected chi connectivity index (χ2v) is 5.90. The van der Waals surface area contributed by atoms with Crippen molar-refractivity contribution >= 4 is 11.0 Å². The lowest BCUT2D eigenvalue weighted by Gasteiger charge is -2.19. The van der Waals surface area contributed by atoms with Crippen LogP contribution in [0.5, 0.6) is 0 Å². The van der Waals surface area contributed by atoms with E-state index in [4.69, 9.17) is 9.72 Å². The van der Waals surface area contributed by atoms with Crippen LogP contribution in [0.4, 0.5) is 0 Å². The van der Waals surface area contributed by atoms with E-state index in [0.717, 1.165) is 49.6 Å². The van der Waals surface area contributed by atoms with Gasteiger partial charge in [-0.05, 0) is 37.9 Å². The fourth-order valence-corrected chi connectivity index (χ4v) is 2.90. The van der Waals surface area contributed by atoms with E-state index in [-0.39, 0.29) is 0 Å². The second-order valence-electron chi connectivity index (χ2n) is 5.90. The Morgan fingerprint density at radius 2 is 2.35 bits per heavy atom. The van der Waals surface area contributed by atoms with Crippen LogP contribution in [0.3, 0.4) is 0 Å². The minimum Gasteiger partial charge on any atom is -0.381 e. The summed E-state index contributed by atoms with van der Waals surface area (Å²) in [5.41, 5.74) is 3.49. The van der Waals surface area contributed by atoms with Gasteiger partial charge >= 0.3 is 0 Å². The molecule has 0 aliphatic carbocycles. The van der Waals surface area contributed by atoms with E-state index in [1.54, 1.807) is 0 Å². The number of hydrogen-bond donors (Lipinski definition) is 1. The quantitative estimate of drug-likeness (QED) is 0.909. The van der Waals surface area contributed by atoms with Crippen molar-refractivity contribution in [3.8, 4) is 0 Å². The highest BCUT2D eigenvalue weighted by Crippen LogP contribution is 2.16. The number of aromatic nitrogens is 2. The van der Waals surface area contributed by atoms with Gasteiger partial charge in [0.1, 0.15) is 5.82 Å². The highest BCUT2D eigenvalue weighted by molar-refractivity contribution is 5.78. The Kier molecular flexibility index (Phi) is 4.03. The Balaban J connectivity index is 1.57. The molecule has 1 fully saturated rings. The number of rotatable bonds is 5. The summed E-state index contributed by atoms with van der Waals surface area (Å²) in [6.45, 7) is 6.13. The van der Waals surface area contributed by atoms with Crippen molar-refractivity contribution < 1.29 is 4.74 Å². The molecule has 1 atom stereocenters. The van der Waals surface area contributed by atoms with E-state index in [1.165, 1.54) is 12.0 Å². The van der Waals surface area contributed by atoms with Crippen molar-refractivity contribution in [3.63, 3.8) is 0 Å². The monoisotopic (exact) mass is 273 g/mol. The molecule has 0 unspecified atom stereocenters. The molecule has 0 saturated carbocycles. The standard InChI is InChI=1S/C16H23N3O/c1-12-4-3-5-14-16(12)18-15(17-14)6-8-19(2)10-13-7-9-20-11-13/h3-5,13H,6-11H2,1-2H3,(H,17,18)/t13-/m0/s1. The Labute approximate surface area is 120 Å². The molecule has 1 aliphatic rings. The highest BCUT2D eigenvalue weighted by Gasteiger charge is 2.17. The predicted octanol–water partition coefficient (Wildman–Crippen LogP) is 2.38. The van der Waals surface area contributed by atoms with Gasteiger partial charge in [-0.1, -0.05) is 12.1 Å². The summed E-state index contributed by atoms with van der Waals surface area (Å²) in [6.07, 6.45) is 2.17. The number of likely N-dealkylation sites (N-methyl/N-ethyl adjacent to an activating group) is 1. The van der Waals surface area contributed by atoms with E-state index in [9.17, 15) is 0 Å². The summed E-state index contributed by atoms with van der Waals surface area (Å²) in [6, 6.07) is 6.28. The van der Waals surface area contributed by atoms with E-state index in [0.29, 0.717) is 5.92 Å². The van der Waals surface area contributed by atoms with Gasteiger partial charge in [0.15, 0.2) is 0 Å². The number of para-hydroxylation sites is 1. The van der Waals surface area contributed by atoms with Crippen molar-refractivity contribution in [2.45, 2.75) is 19.8 Å². The van der Waals surface area contributed by atoms with E-state index < -0.39 is 0 Å². The number of aryl methyl sites for hydroxylation is 1. The van der Waals surface area contributed by atoms with Gasteiger partial charge in [0.2, 0.25) is 0 Å². The topological polar surface area (TPSA) is 41.2 Å². The molecule has 2 heterocycles. The number of imidazole rings is 1. The van der Waals surface area contributed by atoms with Gasteiger partial charge in [0, 0.05) is 26.1 Å². The number of fused-ring (bicyclic) bond motifs is 1. The Morgan fingerprint density at radius 1 is 1.45 bits per heavy atom. The maximum Gasteiger partial charge on any atom is 0.108 e. The lowest BCUT2D eigenvalue weighted by Crippen LogP contribution is -2.28. The fraction of sp³-hybridized carbons (Fsp3) is 0.562. The number of hydrogen-bond acceptors (Lipinski definition) is 3. The molecule has 4 heteroatoms. The van der Waals surface area contributed by atoms with Crippen LogP contribution in [0.2, 0.25) is 0 Å². The number of nitrogens with one attached hydrogen (secondary N) is 1. The van der Waals surface area contributed by atoms with Crippen molar-refractivity contribution in [1.29, 1.82) is 0 Å². The molecule has 1 saturated heterocycles. The second kappa shape index (κ2) is 5.94. The van der Waals surface area contributed by atoms with Gasteiger partial charge in [0.25, 0.3) is 0 Å². The molecule has 0 spiro atoms. The molecule has 1 aliphatic heterocycles. The first-order chi connectivity index (χ1) is 9.72. The van der Waals surface area contributed by atoms with E-state index in [1.807, 2.05) is 0 Å². The summed E-state index contributed by atoms with van der Waals surface area (Å²) >= 11 is 0. The molecule has 0 bridgehead atoms. The van der Waals surface area contributed by atoms with Gasteiger partial charge < -0.3 is 14.6 Å². The Bertz CT molecular complexity index is 572. The van der Waals surface area contributed by atoms with Gasteiger partial charge in [-0.15, -0.1) is 0 Å². The minimum absolute atomic E-state index is 0.706. The Morgan fingerprint density at radius 3 is 3.10 bits per heavy atom. The fourth-order valence-electron chi connectivity index (χ4n) is 2.90. The van der Waals surface area contributed by atoms with E-state index in [2.05, 4.69) is 42.1 Å². The maximum atomic E-state index is 5.43. The predicted molar refractivity (Wildman–Crippen MR) is 81.0 cm³/mol. The molecule has 20 heavy (non-hydrogen) atoms. The van der Waals surface area contributed by atoms with Crippen LogP contribution >= 0.6 is 0 Å². The molecule has 3 rings (SSSR count). The molecule has 2 aromatic rings. The van der Waals surface area contributed by atoms with Crippen molar-refractivity contribution in [3.05, 3.63) is 29.6 Å². The molecule has 1 N–H and O–H groups in total. The van der Waals surface area contributed by atoms with Crippen LogP contribution in [0.1, 0.15) is 17.8 Å². The minimum atomic E-state index is 0.706. The SMILES string of the molecule is Cc1cccc2[nH]c(CCN(C)C[C@@H]3CCOC3)nc12. The van der Waals surface area contributed by atoms with Crippen LogP contribution in [0, 0.1) is 12.8 Å². The maximum absolute atomic E-state index is 5.43. The van der Waals surface area contributed by atoms with E-state index >= 15 is 0 Å². The van der Waals surface area contributed by atoms with Gasteiger partial charge in [0.05, 0.1) is 17.6 Å². The summed E-state index contributed by atoms with van der Waals surface area (Å²) < 4.78 is 5.43. The third-order valence-corrected chi connectivity index (χ3v) is 4.09. The van der Waals surface area contributed by atoms with Gasteiger partial charge in [-0.2, -0.15) is 0 Å². The first-order valence-electron chi connectivity index (χ1n) is 7.43. The highest BCUT2D eigenvalue weighted by atomic mass is 16.5. The average molecular weight is 273 g/mol. The molecule has 108 valence electrons. The molecular weight excluding hydrogens is 250 g/mol. The molecule has 0 amide bonds. The zero-order valence-electron chi connectivity index (χ0n) is 12.4. The average Bonchev–Trinajstić information content (AvgIpc) is 3.06. The summed E-state index contributed by atoms with van der Waals surface area (Å²) in [4.78, 5) is 10.5. The van der Waals surface area contributed by atoms with Crippen molar-refractivity contribution in [1.82, 2.24) is 14.9 Å². The van der Waals surface area contributed by atoms with Crippen LogP contribution in [0.15, 0.2) is 18.2 Å². The Hall–Kier alpha value is -1.39. The number of ether oxygens (including phenoxy) is 1. The number of benzene rings is 1. The van der Waals surface area contributed by atoms with Gasteiger partial charge in [-0.25, -0.2) is 4.98 Å². The summed E-state index contributed by atoms with van der Waals surface area (Å²) in [5, 5.41) is 0. The lowest BCUT2D eigenvalue weighted by molar-refractivity contribution is 0.174. The smallest absolute Gasteiger partial charge is 0.108 e. The molecule has 1 aromatic heterocycles. The lowest BCUT2D eigenvalue weighted by atomic mass is 10.1. The molecular formula is C16H23N3O. The van der Waals surface area contributed by atoms with Crippen LogP contribution in [0.25, 0.3) is 11.0 Å². The number of nitrogens with zero attached hydrogens (tertiary/aromatic N) is 2. The van der Waals surface area contributed by atoms with Crippen LogP contribution in [-0.4, -0.2) is 48.2 Å². The zero-order valence-corrected chi connectivity index (χ0v) is 12.4. The first-order valence-corrected chi connectivity index (χ1v) is 7.43. The van der Waals surface area contributed by atoms with Gasteiger partial charge in [-0.3, -0.25) is 0 Å². The largest absolute Gasteiger partial charge is 0.381 e. The molecule has 0 radical (unpaired) electrons. The summed E-state index contributed by atoms with van der Waals surface area (Å²) in [5.74, 6) is 1.79. The number of H-pyrrole nitrogens is 1. The molecule has 1 aromatic carbocycles. The van der Waals surface area contributed by atoms with Crippen LogP contribution < -0.4 is 0 Å². The normalized spacial score (nSPS) is 19.2. The third kappa shape index (κ3) is 3.02. The van der Waals surface area contributed by atoms with Crippen molar-refractivity contribution in [2.75, 3.05) is 33.4 Å². The van der Waals surface area contributed by atoms with Crippen LogP contribution in [-0.2, 0) is 11.2 Å². The zero-order chi connectivity index (χ0) is 13.9. The molecule has 4 nitrogen and oxygen atoms in total. The third-order valence-electron chi connectivity index (χ3n) is 4.09. The van der Waals surface area contributed by atoms with Crippen molar-refractivity contribution in [2.24, 2.45) is 5.92 Å². The first kappa shape index (κ1) is 13.6. The number of aromatic amines is 1.